The molecule has 0 unspecified atom stereocenters. The topological polar surface area (TPSA) is 13.1 Å². The fourth-order valence-electron chi connectivity index (χ4n) is 10.3. The van der Waals surface area contributed by atoms with Gasteiger partial charge < -0.3 is 4.42 Å². The van der Waals surface area contributed by atoms with Crippen LogP contribution in [0.2, 0.25) is 0 Å². The molecule has 56 heavy (non-hydrogen) atoms. The Morgan fingerprint density at radius 2 is 0.732 bits per heavy atom. The van der Waals surface area contributed by atoms with Crippen LogP contribution in [-0.2, 0) is 5.41 Å². The molecule has 11 aromatic rings. The molecule has 0 atom stereocenters. The van der Waals surface area contributed by atoms with Crippen molar-refractivity contribution in [2.45, 2.75) is 5.41 Å². The second-order valence-corrected chi connectivity index (χ2v) is 15.6. The van der Waals surface area contributed by atoms with Crippen molar-refractivity contribution in [3.63, 3.8) is 0 Å². The molecular weight excluding hydrogens is 677 g/mol. The number of hydrogen-bond donors (Lipinski definition) is 0. The lowest BCUT2D eigenvalue weighted by molar-refractivity contribution is 0.669. The highest BCUT2D eigenvalue weighted by molar-refractivity contribution is 6.11. The van der Waals surface area contributed by atoms with Crippen LogP contribution in [0.15, 0.2) is 199 Å². The maximum atomic E-state index is 6.30. The van der Waals surface area contributed by atoms with Crippen LogP contribution in [0.3, 0.4) is 0 Å². The van der Waals surface area contributed by atoms with Crippen molar-refractivity contribution in [1.29, 1.82) is 0 Å². The normalized spacial score (nSPS) is 13.5. The highest BCUT2D eigenvalue weighted by Crippen LogP contribution is 2.64. The van der Waals surface area contributed by atoms with Crippen LogP contribution >= 0.6 is 0 Å². The number of fused-ring (bicyclic) bond motifs is 17. The van der Waals surface area contributed by atoms with Crippen molar-refractivity contribution < 1.29 is 4.42 Å². The minimum absolute atomic E-state index is 0.378. The van der Waals surface area contributed by atoms with Crippen molar-refractivity contribution in [2.75, 3.05) is 0 Å². The van der Waals surface area contributed by atoms with E-state index >= 15 is 0 Å². The van der Waals surface area contributed by atoms with Crippen LogP contribution in [0.25, 0.3) is 98.8 Å². The molecule has 0 saturated heterocycles. The Hall–Kier alpha value is -7.22. The van der Waals surface area contributed by atoms with Gasteiger partial charge in [0, 0.05) is 10.8 Å². The zero-order valence-electron chi connectivity index (χ0n) is 30.4. The molecule has 13 rings (SSSR count). The van der Waals surface area contributed by atoms with E-state index in [0.29, 0.717) is 0 Å². The smallest absolute Gasteiger partial charge is 0.136 e. The summed E-state index contributed by atoms with van der Waals surface area (Å²) in [6, 6.07) is 72.2. The van der Waals surface area contributed by atoms with E-state index in [4.69, 9.17) is 4.42 Å². The molecule has 258 valence electrons. The van der Waals surface area contributed by atoms with E-state index in [1.807, 2.05) is 0 Å². The first-order valence-corrected chi connectivity index (χ1v) is 19.5. The lowest BCUT2D eigenvalue weighted by Gasteiger charge is -2.31. The summed E-state index contributed by atoms with van der Waals surface area (Å²) in [6.07, 6.45) is 0. The average molecular weight is 709 g/mol. The predicted octanol–water partition coefficient (Wildman–Crippen LogP) is 14.7. The van der Waals surface area contributed by atoms with Crippen LogP contribution in [0.1, 0.15) is 22.3 Å². The Balaban J connectivity index is 0.947. The Kier molecular flexibility index (Phi) is 5.89. The second-order valence-electron chi connectivity index (χ2n) is 15.6. The lowest BCUT2D eigenvalue weighted by atomic mass is 9.69. The fourth-order valence-corrected chi connectivity index (χ4v) is 10.3. The molecule has 0 fully saturated rings. The van der Waals surface area contributed by atoms with E-state index in [2.05, 4.69) is 194 Å². The van der Waals surface area contributed by atoms with Gasteiger partial charge in [-0.2, -0.15) is 0 Å². The Labute approximate surface area is 323 Å². The molecule has 10 aromatic carbocycles. The zero-order valence-corrected chi connectivity index (χ0v) is 30.4. The van der Waals surface area contributed by atoms with Gasteiger partial charge in [0.1, 0.15) is 11.2 Å². The van der Waals surface area contributed by atoms with E-state index in [0.717, 1.165) is 21.9 Å². The number of benzene rings is 10. The van der Waals surface area contributed by atoms with Gasteiger partial charge in [-0.25, -0.2) is 0 Å². The quantitative estimate of drug-likeness (QED) is 0.174. The van der Waals surface area contributed by atoms with E-state index in [1.165, 1.54) is 99.1 Å². The van der Waals surface area contributed by atoms with Gasteiger partial charge in [0.05, 0.1) is 5.41 Å². The van der Waals surface area contributed by atoms with Crippen molar-refractivity contribution >= 4 is 54.3 Å². The molecule has 1 heterocycles. The molecule has 0 aliphatic heterocycles. The molecule has 1 spiro atoms. The summed E-state index contributed by atoms with van der Waals surface area (Å²) in [7, 11) is 0. The van der Waals surface area contributed by atoms with Gasteiger partial charge in [0.15, 0.2) is 0 Å². The van der Waals surface area contributed by atoms with Gasteiger partial charge in [0.25, 0.3) is 0 Å². The first kappa shape index (κ1) is 30.1. The molecule has 2 aliphatic carbocycles. The molecule has 1 nitrogen and oxygen atoms in total. The number of hydrogen-bond acceptors (Lipinski definition) is 1. The van der Waals surface area contributed by atoms with Crippen LogP contribution in [0, 0.1) is 0 Å². The highest BCUT2D eigenvalue weighted by Gasteiger charge is 2.52. The third-order valence-electron chi connectivity index (χ3n) is 12.8. The predicted molar refractivity (Wildman–Crippen MR) is 233 cm³/mol. The summed E-state index contributed by atoms with van der Waals surface area (Å²) in [4.78, 5) is 0. The third-order valence-corrected chi connectivity index (χ3v) is 12.8. The molecule has 0 saturated carbocycles. The summed E-state index contributed by atoms with van der Waals surface area (Å²) >= 11 is 0. The largest absolute Gasteiger partial charge is 0.456 e. The van der Waals surface area contributed by atoms with Gasteiger partial charge in [-0.1, -0.05) is 152 Å². The van der Waals surface area contributed by atoms with Crippen molar-refractivity contribution in [1.82, 2.24) is 0 Å². The number of rotatable bonds is 2. The van der Waals surface area contributed by atoms with Crippen molar-refractivity contribution in [3.05, 3.63) is 216 Å². The van der Waals surface area contributed by atoms with E-state index in [1.54, 1.807) is 0 Å². The van der Waals surface area contributed by atoms with Crippen LogP contribution < -0.4 is 0 Å². The molecule has 2 aliphatic rings. The fraction of sp³-hybridized carbons (Fsp3) is 0.0182. The maximum absolute atomic E-state index is 6.30. The third kappa shape index (κ3) is 3.94. The van der Waals surface area contributed by atoms with E-state index < -0.39 is 0 Å². The van der Waals surface area contributed by atoms with Crippen LogP contribution in [0.5, 0.6) is 0 Å². The lowest BCUT2D eigenvalue weighted by Crippen LogP contribution is -2.26. The van der Waals surface area contributed by atoms with Gasteiger partial charge in [-0.15, -0.1) is 0 Å². The first-order chi connectivity index (χ1) is 27.7. The van der Waals surface area contributed by atoms with Gasteiger partial charge >= 0.3 is 0 Å². The zero-order chi connectivity index (χ0) is 36.5. The minimum Gasteiger partial charge on any atom is -0.456 e. The molecule has 0 radical (unpaired) electrons. The van der Waals surface area contributed by atoms with E-state index in [-0.39, 0.29) is 5.41 Å². The first-order valence-electron chi connectivity index (χ1n) is 19.5. The minimum atomic E-state index is -0.378. The summed E-state index contributed by atoms with van der Waals surface area (Å²) in [5.74, 6) is 0. The monoisotopic (exact) mass is 708 g/mol. The summed E-state index contributed by atoms with van der Waals surface area (Å²) in [6.45, 7) is 0. The van der Waals surface area contributed by atoms with Crippen LogP contribution in [-0.4, -0.2) is 0 Å². The summed E-state index contributed by atoms with van der Waals surface area (Å²) in [5.41, 5.74) is 17.2. The van der Waals surface area contributed by atoms with Gasteiger partial charge in [0.2, 0.25) is 0 Å². The van der Waals surface area contributed by atoms with Gasteiger partial charge in [-0.05, 0) is 142 Å². The van der Waals surface area contributed by atoms with Crippen molar-refractivity contribution in [2.24, 2.45) is 0 Å². The molecule has 0 amide bonds. The number of furan rings is 1. The maximum Gasteiger partial charge on any atom is 0.136 e. The molecule has 0 N–H and O–H groups in total. The molecule has 1 heteroatoms. The SMILES string of the molecule is c1ccc2c(c1)-c1ccccc1C21c2ccccc2-c2ccc3ccc(-c4ccc5cc(-c6ccc7oc8cc9ccccc9cc8c7c6)ccc5c4)cc3c21. The molecular formula is C55H32O. The van der Waals surface area contributed by atoms with E-state index in [9.17, 15) is 0 Å². The Bertz CT molecular complexity index is 3420. The highest BCUT2D eigenvalue weighted by atomic mass is 16.3. The Morgan fingerprint density at radius 1 is 0.286 bits per heavy atom. The molecule has 0 bridgehead atoms. The Morgan fingerprint density at radius 3 is 1.38 bits per heavy atom. The summed E-state index contributed by atoms with van der Waals surface area (Å²) < 4.78 is 6.30. The van der Waals surface area contributed by atoms with Crippen LogP contribution in [0.4, 0.5) is 0 Å². The van der Waals surface area contributed by atoms with Crippen molar-refractivity contribution in [3.8, 4) is 44.5 Å². The standard InChI is InChI=1S/C55H32O/c1-2-10-35-32-53-48(30-34(35)9-1)47-31-41(24-26-52(47)56-53)39-22-20-36-27-38(21-19-37(36)28-39)40-18-17-33-23-25-45-44-13-5-8-16-51(44)55(54(45)46(33)29-40)49-14-6-3-11-42(49)43-12-4-7-15-50(43)55/h1-32H. The molecule has 1 aromatic heterocycles. The average Bonchev–Trinajstić information content (AvgIpc) is 3.88. The summed E-state index contributed by atoms with van der Waals surface area (Å²) in [5, 5.41) is 9.76. The van der Waals surface area contributed by atoms with Gasteiger partial charge in [-0.3, -0.25) is 0 Å². The second kappa shape index (κ2) is 10.9.